The SMILES string of the molecule is COc1cccc(CO[C@H](C)C(=O)N2CCCSc3ccccc32)c1. The molecule has 2 aromatic rings. The lowest BCUT2D eigenvalue weighted by atomic mass is 10.2. The van der Waals surface area contributed by atoms with E-state index in [1.807, 2.05) is 66.1 Å². The molecule has 132 valence electrons. The van der Waals surface area contributed by atoms with Crippen LogP contribution in [0.1, 0.15) is 18.9 Å². The molecular weight excluding hydrogens is 334 g/mol. The maximum absolute atomic E-state index is 12.9. The van der Waals surface area contributed by atoms with Crippen LogP contribution in [0.3, 0.4) is 0 Å². The number of methoxy groups -OCH3 is 1. The summed E-state index contributed by atoms with van der Waals surface area (Å²) in [7, 11) is 1.64. The fourth-order valence-electron chi connectivity index (χ4n) is 2.83. The summed E-state index contributed by atoms with van der Waals surface area (Å²) in [4.78, 5) is 16.0. The summed E-state index contributed by atoms with van der Waals surface area (Å²) >= 11 is 1.81. The molecule has 1 atom stereocenters. The Hall–Kier alpha value is -1.98. The smallest absolute Gasteiger partial charge is 0.255 e. The Morgan fingerprint density at radius 2 is 2.08 bits per heavy atom. The molecule has 5 heteroatoms. The summed E-state index contributed by atoms with van der Waals surface area (Å²) in [6.07, 6.45) is 0.482. The molecule has 3 rings (SSSR count). The summed E-state index contributed by atoms with van der Waals surface area (Å²) in [5.41, 5.74) is 1.98. The molecule has 1 aliphatic heterocycles. The minimum atomic E-state index is -0.498. The Balaban J connectivity index is 1.67. The second-order valence-corrected chi connectivity index (χ2v) is 7.10. The first-order valence-electron chi connectivity index (χ1n) is 8.47. The molecule has 0 bridgehead atoms. The number of fused-ring (bicyclic) bond motifs is 1. The van der Waals surface area contributed by atoms with E-state index in [0.717, 1.165) is 40.6 Å². The minimum Gasteiger partial charge on any atom is -0.497 e. The standard InChI is InChI=1S/C20H23NO3S/c1-15(24-14-16-7-5-8-17(13-16)23-2)20(22)21-11-6-12-25-19-10-4-3-9-18(19)21/h3-5,7-10,13,15H,6,11-12,14H2,1-2H3/t15-/m1/s1. The number of rotatable bonds is 5. The molecule has 0 N–H and O–H groups in total. The molecule has 0 saturated carbocycles. The molecule has 2 aromatic carbocycles. The number of para-hydroxylation sites is 1. The van der Waals surface area contributed by atoms with Crippen molar-refractivity contribution in [2.75, 3.05) is 24.3 Å². The molecule has 1 heterocycles. The van der Waals surface area contributed by atoms with Gasteiger partial charge in [-0.05, 0) is 48.9 Å². The molecule has 0 spiro atoms. The third-order valence-corrected chi connectivity index (χ3v) is 5.34. The zero-order chi connectivity index (χ0) is 17.6. The molecule has 0 radical (unpaired) electrons. The second kappa shape index (κ2) is 8.41. The summed E-state index contributed by atoms with van der Waals surface area (Å²) in [6.45, 7) is 2.94. The van der Waals surface area contributed by atoms with Crippen LogP contribution in [0.25, 0.3) is 0 Å². The molecule has 0 fully saturated rings. The quantitative estimate of drug-likeness (QED) is 0.806. The Bertz CT molecular complexity index is 734. The Morgan fingerprint density at radius 3 is 2.92 bits per heavy atom. The van der Waals surface area contributed by atoms with E-state index in [1.54, 1.807) is 7.11 Å². The van der Waals surface area contributed by atoms with Crippen LogP contribution >= 0.6 is 11.8 Å². The van der Waals surface area contributed by atoms with Gasteiger partial charge in [-0.25, -0.2) is 0 Å². The van der Waals surface area contributed by atoms with E-state index in [-0.39, 0.29) is 5.91 Å². The Kier molecular flexibility index (Phi) is 6.00. The average molecular weight is 357 g/mol. The highest BCUT2D eigenvalue weighted by molar-refractivity contribution is 7.99. The number of hydrogen-bond donors (Lipinski definition) is 0. The van der Waals surface area contributed by atoms with Crippen molar-refractivity contribution in [2.24, 2.45) is 0 Å². The maximum Gasteiger partial charge on any atom is 0.255 e. The third kappa shape index (κ3) is 4.35. The predicted molar refractivity (Wildman–Crippen MR) is 101 cm³/mol. The van der Waals surface area contributed by atoms with Crippen LogP contribution in [0.4, 0.5) is 5.69 Å². The first kappa shape index (κ1) is 17.8. The highest BCUT2D eigenvalue weighted by atomic mass is 32.2. The number of carbonyl (C=O) groups excluding carboxylic acids is 1. The van der Waals surface area contributed by atoms with E-state index >= 15 is 0 Å². The monoisotopic (exact) mass is 357 g/mol. The van der Waals surface area contributed by atoms with Gasteiger partial charge in [-0.2, -0.15) is 0 Å². The fraction of sp³-hybridized carbons (Fsp3) is 0.350. The molecule has 25 heavy (non-hydrogen) atoms. The largest absolute Gasteiger partial charge is 0.497 e. The van der Waals surface area contributed by atoms with E-state index < -0.39 is 6.10 Å². The molecule has 0 unspecified atom stereocenters. The van der Waals surface area contributed by atoms with Crippen molar-refractivity contribution < 1.29 is 14.3 Å². The normalized spacial score (nSPS) is 15.2. The predicted octanol–water partition coefficient (Wildman–Crippen LogP) is 4.13. The van der Waals surface area contributed by atoms with Gasteiger partial charge in [-0.1, -0.05) is 24.3 Å². The molecule has 1 aliphatic rings. The molecule has 0 aliphatic carbocycles. The van der Waals surface area contributed by atoms with Crippen molar-refractivity contribution in [1.29, 1.82) is 0 Å². The van der Waals surface area contributed by atoms with Gasteiger partial charge in [-0.15, -0.1) is 11.8 Å². The topological polar surface area (TPSA) is 38.8 Å². The van der Waals surface area contributed by atoms with E-state index in [4.69, 9.17) is 9.47 Å². The number of anilines is 1. The van der Waals surface area contributed by atoms with Crippen molar-refractivity contribution in [3.63, 3.8) is 0 Å². The zero-order valence-electron chi connectivity index (χ0n) is 14.6. The van der Waals surface area contributed by atoms with E-state index in [9.17, 15) is 4.79 Å². The highest BCUT2D eigenvalue weighted by Crippen LogP contribution is 2.34. The van der Waals surface area contributed by atoms with Crippen molar-refractivity contribution in [2.45, 2.75) is 31.0 Å². The Morgan fingerprint density at radius 1 is 1.24 bits per heavy atom. The average Bonchev–Trinajstić information content (AvgIpc) is 2.88. The van der Waals surface area contributed by atoms with E-state index in [2.05, 4.69) is 6.07 Å². The third-order valence-electron chi connectivity index (χ3n) is 4.19. The Labute approximate surface area is 153 Å². The number of thioether (sulfide) groups is 1. The van der Waals surface area contributed by atoms with Gasteiger partial charge in [0.1, 0.15) is 11.9 Å². The van der Waals surface area contributed by atoms with Crippen LogP contribution in [0.15, 0.2) is 53.4 Å². The zero-order valence-corrected chi connectivity index (χ0v) is 15.4. The van der Waals surface area contributed by atoms with Crippen LogP contribution in [0.2, 0.25) is 0 Å². The van der Waals surface area contributed by atoms with Gasteiger partial charge in [0.25, 0.3) is 5.91 Å². The molecule has 4 nitrogen and oxygen atoms in total. The van der Waals surface area contributed by atoms with Crippen LogP contribution < -0.4 is 9.64 Å². The van der Waals surface area contributed by atoms with Crippen LogP contribution in [-0.2, 0) is 16.1 Å². The lowest BCUT2D eigenvalue weighted by Crippen LogP contribution is -2.39. The number of carbonyl (C=O) groups is 1. The molecule has 1 amide bonds. The molecule has 0 saturated heterocycles. The summed E-state index contributed by atoms with van der Waals surface area (Å²) < 4.78 is 11.1. The van der Waals surface area contributed by atoms with Gasteiger partial charge in [-0.3, -0.25) is 4.79 Å². The van der Waals surface area contributed by atoms with Crippen molar-refractivity contribution >= 4 is 23.4 Å². The van der Waals surface area contributed by atoms with Crippen LogP contribution in [-0.4, -0.2) is 31.4 Å². The van der Waals surface area contributed by atoms with E-state index in [0.29, 0.717) is 6.61 Å². The van der Waals surface area contributed by atoms with Gasteiger partial charge in [0.2, 0.25) is 0 Å². The number of hydrogen-bond acceptors (Lipinski definition) is 4. The summed E-state index contributed by atoms with van der Waals surface area (Å²) in [5, 5.41) is 0. The second-order valence-electron chi connectivity index (χ2n) is 5.96. The van der Waals surface area contributed by atoms with Crippen LogP contribution in [0, 0.1) is 0 Å². The number of nitrogens with zero attached hydrogens (tertiary/aromatic N) is 1. The molecular formula is C20H23NO3S. The maximum atomic E-state index is 12.9. The number of amides is 1. The van der Waals surface area contributed by atoms with Crippen molar-refractivity contribution in [3.05, 3.63) is 54.1 Å². The van der Waals surface area contributed by atoms with Gasteiger partial charge >= 0.3 is 0 Å². The first-order chi connectivity index (χ1) is 12.2. The summed E-state index contributed by atoms with van der Waals surface area (Å²) in [5.74, 6) is 1.83. The summed E-state index contributed by atoms with van der Waals surface area (Å²) in [6, 6.07) is 15.8. The minimum absolute atomic E-state index is 0.0119. The van der Waals surface area contributed by atoms with Crippen molar-refractivity contribution in [1.82, 2.24) is 0 Å². The fourth-order valence-corrected chi connectivity index (χ4v) is 3.82. The van der Waals surface area contributed by atoms with E-state index in [1.165, 1.54) is 0 Å². The van der Waals surface area contributed by atoms with Gasteiger partial charge in [0.05, 0.1) is 19.4 Å². The number of benzene rings is 2. The highest BCUT2D eigenvalue weighted by Gasteiger charge is 2.25. The van der Waals surface area contributed by atoms with Gasteiger partial charge < -0.3 is 14.4 Å². The lowest BCUT2D eigenvalue weighted by molar-refractivity contribution is -0.129. The van der Waals surface area contributed by atoms with Crippen LogP contribution in [0.5, 0.6) is 5.75 Å². The van der Waals surface area contributed by atoms with Gasteiger partial charge in [0.15, 0.2) is 0 Å². The van der Waals surface area contributed by atoms with Gasteiger partial charge in [0, 0.05) is 11.4 Å². The lowest BCUT2D eigenvalue weighted by Gasteiger charge is -2.25. The number of ether oxygens (including phenoxy) is 2. The first-order valence-corrected chi connectivity index (χ1v) is 9.45. The van der Waals surface area contributed by atoms with Crippen molar-refractivity contribution in [3.8, 4) is 5.75 Å². The molecule has 0 aromatic heterocycles.